The molecule has 2 fully saturated rings. The summed E-state index contributed by atoms with van der Waals surface area (Å²) in [6.07, 6.45) is 11.1. The Morgan fingerprint density at radius 2 is 1.38 bits per heavy atom. The van der Waals surface area contributed by atoms with Crippen LogP contribution in [-0.2, 0) is 14.4 Å². The van der Waals surface area contributed by atoms with Gasteiger partial charge in [-0.1, -0.05) is 64.0 Å². The van der Waals surface area contributed by atoms with Crippen molar-refractivity contribution in [3.8, 4) is 0 Å². The van der Waals surface area contributed by atoms with E-state index in [4.69, 9.17) is 31.4 Å². The van der Waals surface area contributed by atoms with Gasteiger partial charge in [-0.2, -0.15) is 0 Å². The number of nitro groups is 1. The zero-order valence-electron chi connectivity index (χ0n) is 24.5. The molecule has 0 atom stereocenters. The molecule has 0 aliphatic heterocycles. The fourth-order valence-corrected chi connectivity index (χ4v) is 5.94. The molecule has 234 valence electrons. The Labute approximate surface area is 251 Å². The maximum absolute atomic E-state index is 13.9. The van der Waals surface area contributed by atoms with Gasteiger partial charge >= 0.3 is 11.9 Å². The number of amides is 2. The van der Waals surface area contributed by atoms with Crippen LogP contribution in [-0.4, -0.2) is 98.4 Å². The van der Waals surface area contributed by atoms with Gasteiger partial charge in [-0.05, 0) is 44.8 Å². The van der Waals surface area contributed by atoms with Crippen LogP contribution < -0.4 is 0 Å². The number of carbonyl (C=O) groups is 4. The monoisotopic (exact) mass is 610 g/mol. The van der Waals surface area contributed by atoms with Crippen LogP contribution in [0, 0.1) is 10.1 Å². The molecule has 2 aliphatic rings. The normalized spacial score (nSPS) is 15.8. The van der Waals surface area contributed by atoms with Gasteiger partial charge in [0.25, 0.3) is 11.6 Å². The summed E-state index contributed by atoms with van der Waals surface area (Å²) in [6.45, 7) is 6.87. The van der Waals surface area contributed by atoms with Gasteiger partial charge in [0.05, 0.1) is 15.5 Å². The minimum absolute atomic E-state index is 0.000415. The molecule has 42 heavy (non-hydrogen) atoms. The van der Waals surface area contributed by atoms with Gasteiger partial charge in [0, 0.05) is 37.3 Å². The SMILES string of the molecule is CCN(CC)CCN(CC(=O)N(C1CCCCC1)C1CCCCC1)C(=O)c1ccc([N+](=O)[O-])cc1Cl.O=C(O)C(=O)O. The number of carboxylic acid groups (broad SMARTS) is 2. The van der Waals surface area contributed by atoms with Gasteiger partial charge in [0.2, 0.25) is 5.91 Å². The Bertz CT molecular complexity index is 1060. The first-order valence-electron chi connectivity index (χ1n) is 14.7. The lowest BCUT2D eigenvalue weighted by atomic mass is 9.88. The summed E-state index contributed by atoms with van der Waals surface area (Å²) in [5.74, 6) is -3.99. The molecule has 12 nitrogen and oxygen atoms in total. The van der Waals surface area contributed by atoms with Gasteiger partial charge in [0.1, 0.15) is 6.54 Å². The van der Waals surface area contributed by atoms with E-state index in [9.17, 15) is 19.7 Å². The average Bonchev–Trinajstić information content (AvgIpc) is 2.98. The highest BCUT2D eigenvalue weighted by atomic mass is 35.5. The third-order valence-electron chi connectivity index (χ3n) is 7.99. The molecule has 0 heterocycles. The molecule has 0 radical (unpaired) electrons. The summed E-state index contributed by atoms with van der Waals surface area (Å²) in [7, 11) is 0. The lowest BCUT2D eigenvalue weighted by Crippen LogP contribution is -2.53. The second-order valence-electron chi connectivity index (χ2n) is 10.7. The molecule has 0 spiro atoms. The van der Waals surface area contributed by atoms with Crippen molar-refractivity contribution < 1.29 is 34.3 Å². The maximum Gasteiger partial charge on any atom is 0.414 e. The predicted molar refractivity (Wildman–Crippen MR) is 158 cm³/mol. The Hall–Kier alpha value is -3.25. The molecule has 0 aromatic heterocycles. The largest absolute Gasteiger partial charge is 0.473 e. The average molecular weight is 611 g/mol. The summed E-state index contributed by atoms with van der Waals surface area (Å²) >= 11 is 6.31. The topological polar surface area (TPSA) is 162 Å². The standard InChI is InChI=1S/C27H41ClN4O4.C2H2O4/c1-3-29(4-2)17-18-30(27(34)24-16-15-23(32(35)36)19-25(24)28)20-26(33)31(21-11-7-5-8-12-21)22-13-9-6-10-14-22;3-1(4)2(5)6/h15-16,19,21-22H,3-14,17-18,20H2,1-2H3;(H,3,4)(H,5,6). The molecule has 0 unspecified atom stereocenters. The molecule has 3 rings (SSSR count). The van der Waals surface area contributed by atoms with E-state index in [2.05, 4.69) is 23.6 Å². The summed E-state index contributed by atoms with van der Waals surface area (Å²) in [6, 6.07) is 4.39. The second kappa shape index (κ2) is 17.6. The summed E-state index contributed by atoms with van der Waals surface area (Å²) < 4.78 is 0. The number of hydrogen-bond acceptors (Lipinski definition) is 7. The van der Waals surface area contributed by atoms with Crippen molar-refractivity contribution in [3.05, 3.63) is 38.9 Å². The van der Waals surface area contributed by atoms with Crippen LogP contribution in [0.2, 0.25) is 5.02 Å². The number of carboxylic acids is 2. The number of non-ortho nitro benzene ring substituents is 1. The van der Waals surface area contributed by atoms with E-state index in [1.165, 1.54) is 31.0 Å². The summed E-state index contributed by atoms with van der Waals surface area (Å²) in [5, 5.41) is 25.9. The van der Waals surface area contributed by atoms with Gasteiger partial charge in [-0.3, -0.25) is 19.7 Å². The number of nitrogens with zero attached hydrogens (tertiary/aromatic N) is 4. The van der Waals surface area contributed by atoms with E-state index >= 15 is 0 Å². The highest BCUT2D eigenvalue weighted by Crippen LogP contribution is 2.31. The second-order valence-corrected chi connectivity index (χ2v) is 11.1. The molecule has 0 bridgehead atoms. The van der Waals surface area contributed by atoms with E-state index in [1.54, 1.807) is 4.90 Å². The van der Waals surface area contributed by atoms with E-state index in [0.29, 0.717) is 13.1 Å². The third-order valence-corrected chi connectivity index (χ3v) is 8.31. The van der Waals surface area contributed by atoms with Crippen molar-refractivity contribution in [2.75, 3.05) is 32.7 Å². The first-order chi connectivity index (χ1) is 20.0. The van der Waals surface area contributed by atoms with Crippen molar-refractivity contribution in [3.63, 3.8) is 0 Å². The quantitative estimate of drug-likeness (QED) is 0.206. The molecular weight excluding hydrogens is 568 g/mol. The number of aliphatic carboxylic acids is 2. The number of nitro benzene ring substituents is 1. The van der Waals surface area contributed by atoms with Gasteiger partial charge in [-0.25, -0.2) is 9.59 Å². The fourth-order valence-electron chi connectivity index (χ4n) is 5.68. The third kappa shape index (κ3) is 10.5. The summed E-state index contributed by atoms with van der Waals surface area (Å²) in [5.41, 5.74) is 0.0274. The highest BCUT2D eigenvalue weighted by molar-refractivity contribution is 6.34. The lowest BCUT2D eigenvalue weighted by molar-refractivity contribution is -0.384. The molecule has 2 N–H and O–H groups in total. The predicted octanol–water partition coefficient (Wildman–Crippen LogP) is 4.68. The van der Waals surface area contributed by atoms with Crippen molar-refractivity contribution in [2.24, 2.45) is 0 Å². The van der Waals surface area contributed by atoms with E-state index < -0.39 is 16.9 Å². The van der Waals surface area contributed by atoms with Gasteiger partial charge in [-0.15, -0.1) is 0 Å². The Balaban J connectivity index is 0.000000928. The number of hydrogen-bond donors (Lipinski definition) is 2. The minimum atomic E-state index is -1.82. The molecular formula is C29H43ClN4O8. The minimum Gasteiger partial charge on any atom is -0.473 e. The fraction of sp³-hybridized carbons (Fsp3) is 0.655. The maximum atomic E-state index is 13.9. The molecule has 2 saturated carbocycles. The van der Waals surface area contributed by atoms with Crippen LogP contribution in [0.1, 0.15) is 88.4 Å². The Morgan fingerprint density at radius 1 is 0.881 bits per heavy atom. The lowest BCUT2D eigenvalue weighted by Gasteiger charge is -2.42. The molecule has 2 amide bonds. The number of halogens is 1. The van der Waals surface area contributed by atoms with Crippen LogP contribution in [0.4, 0.5) is 5.69 Å². The smallest absolute Gasteiger partial charge is 0.414 e. The molecule has 13 heteroatoms. The molecule has 1 aromatic rings. The zero-order valence-corrected chi connectivity index (χ0v) is 25.3. The Morgan fingerprint density at radius 3 is 1.79 bits per heavy atom. The first kappa shape index (κ1) is 34.9. The van der Waals surface area contributed by atoms with Crippen LogP contribution >= 0.6 is 11.6 Å². The van der Waals surface area contributed by atoms with E-state index in [0.717, 1.165) is 64.5 Å². The zero-order chi connectivity index (χ0) is 31.2. The van der Waals surface area contributed by atoms with E-state index in [1.807, 2.05) is 0 Å². The van der Waals surface area contributed by atoms with Gasteiger partial charge < -0.3 is 24.9 Å². The molecule has 1 aromatic carbocycles. The van der Waals surface area contributed by atoms with Crippen molar-refractivity contribution in [2.45, 2.75) is 90.1 Å². The van der Waals surface area contributed by atoms with Crippen LogP contribution in [0.5, 0.6) is 0 Å². The van der Waals surface area contributed by atoms with Gasteiger partial charge in [0.15, 0.2) is 0 Å². The first-order valence-corrected chi connectivity index (χ1v) is 15.1. The molecule has 2 aliphatic carbocycles. The Kier molecular flexibility index (Phi) is 14.7. The van der Waals surface area contributed by atoms with Crippen molar-refractivity contribution in [1.82, 2.24) is 14.7 Å². The summed E-state index contributed by atoms with van der Waals surface area (Å²) in [4.78, 5) is 62.3. The van der Waals surface area contributed by atoms with Crippen molar-refractivity contribution in [1.29, 1.82) is 0 Å². The van der Waals surface area contributed by atoms with Crippen LogP contribution in [0.25, 0.3) is 0 Å². The molecule has 0 saturated heterocycles. The highest BCUT2D eigenvalue weighted by Gasteiger charge is 2.34. The number of likely N-dealkylation sites (N-methyl/N-ethyl adjacent to an activating group) is 1. The van der Waals surface area contributed by atoms with Crippen LogP contribution in [0.15, 0.2) is 18.2 Å². The number of carbonyl (C=O) groups excluding carboxylic acids is 2. The number of benzene rings is 1. The van der Waals surface area contributed by atoms with Crippen LogP contribution in [0.3, 0.4) is 0 Å². The number of rotatable bonds is 11. The van der Waals surface area contributed by atoms with E-state index in [-0.39, 0.29) is 46.7 Å². The van der Waals surface area contributed by atoms with Crippen molar-refractivity contribution >= 4 is 41.0 Å².